The average Bonchev–Trinajstić information content (AvgIpc) is 2.49. The van der Waals surface area contributed by atoms with Crippen LogP contribution >= 0.6 is 0 Å². The van der Waals surface area contributed by atoms with Gasteiger partial charge in [0, 0.05) is 37.8 Å². The molecule has 2 aliphatic heterocycles. The highest BCUT2D eigenvalue weighted by molar-refractivity contribution is 5.93. The topological polar surface area (TPSA) is 67.6 Å². The molecule has 1 aromatic carbocycles. The van der Waals surface area contributed by atoms with Crippen LogP contribution in [0.25, 0.3) is 0 Å². The predicted octanol–water partition coefficient (Wildman–Crippen LogP) is 0.903. The highest BCUT2D eigenvalue weighted by Gasteiger charge is 2.23. The lowest BCUT2D eigenvalue weighted by Gasteiger charge is -2.34. The molecule has 2 aliphatic rings. The van der Waals surface area contributed by atoms with Crippen LogP contribution in [0.5, 0.6) is 0 Å². The second kappa shape index (κ2) is 5.91. The standard InChI is InChI=1S/C15H21N3O2/c16-10-14(18-5-7-20-8-6-18)12-1-3-13-11(9-12)2-4-15(19)17-13/h1,3,9,14H,2,4-8,10,16H2,(H,17,19). The number of nitrogens with one attached hydrogen (secondary N) is 1. The van der Waals surface area contributed by atoms with Crippen LogP contribution in [0.15, 0.2) is 18.2 Å². The molecule has 2 heterocycles. The van der Waals surface area contributed by atoms with E-state index in [1.165, 1.54) is 11.1 Å². The number of hydrogen-bond donors (Lipinski definition) is 2. The maximum atomic E-state index is 11.4. The number of morpholine rings is 1. The fourth-order valence-corrected chi connectivity index (χ4v) is 3.00. The summed E-state index contributed by atoms with van der Waals surface area (Å²) in [7, 11) is 0. The van der Waals surface area contributed by atoms with Crippen LogP contribution in [-0.4, -0.2) is 43.7 Å². The van der Waals surface area contributed by atoms with Crippen molar-refractivity contribution < 1.29 is 9.53 Å². The molecule has 1 amide bonds. The molecular formula is C15H21N3O2. The Kier molecular flexibility index (Phi) is 4.00. The highest BCUT2D eigenvalue weighted by atomic mass is 16.5. The molecule has 108 valence electrons. The monoisotopic (exact) mass is 275 g/mol. The zero-order valence-corrected chi connectivity index (χ0v) is 11.6. The van der Waals surface area contributed by atoms with E-state index in [2.05, 4.69) is 22.3 Å². The zero-order chi connectivity index (χ0) is 13.9. The quantitative estimate of drug-likeness (QED) is 0.860. The Morgan fingerprint density at radius 2 is 2.10 bits per heavy atom. The molecule has 5 heteroatoms. The predicted molar refractivity (Wildman–Crippen MR) is 77.6 cm³/mol. The zero-order valence-electron chi connectivity index (χ0n) is 11.6. The van der Waals surface area contributed by atoms with Gasteiger partial charge in [-0.2, -0.15) is 0 Å². The van der Waals surface area contributed by atoms with Gasteiger partial charge in [-0.1, -0.05) is 12.1 Å². The third-order valence-electron chi connectivity index (χ3n) is 4.12. The highest BCUT2D eigenvalue weighted by Crippen LogP contribution is 2.28. The number of carbonyl (C=O) groups excluding carboxylic acids is 1. The molecule has 1 unspecified atom stereocenters. The maximum absolute atomic E-state index is 11.4. The van der Waals surface area contributed by atoms with Crippen molar-refractivity contribution in [1.29, 1.82) is 0 Å². The summed E-state index contributed by atoms with van der Waals surface area (Å²) in [4.78, 5) is 13.8. The van der Waals surface area contributed by atoms with Crippen molar-refractivity contribution in [2.75, 3.05) is 38.2 Å². The normalized spacial score (nSPS) is 21.1. The molecule has 1 fully saturated rings. The Hall–Kier alpha value is -1.43. The number of carbonyl (C=O) groups is 1. The lowest BCUT2D eigenvalue weighted by Crippen LogP contribution is -2.41. The molecule has 0 saturated carbocycles. The molecule has 3 N–H and O–H groups in total. The second-order valence-electron chi connectivity index (χ2n) is 5.36. The molecule has 0 radical (unpaired) electrons. The number of ether oxygens (including phenoxy) is 1. The first-order chi connectivity index (χ1) is 9.78. The van der Waals surface area contributed by atoms with Gasteiger partial charge < -0.3 is 15.8 Å². The van der Waals surface area contributed by atoms with E-state index in [9.17, 15) is 4.79 Å². The van der Waals surface area contributed by atoms with Gasteiger partial charge in [0.2, 0.25) is 5.91 Å². The minimum Gasteiger partial charge on any atom is -0.379 e. The van der Waals surface area contributed by atoms with Gasteiger partial charge in [0.25, 0.3) is 0 Å². The number of hydrogen-bond acceptors (Lipinski definition) is 4. The molecule has 1 atom stereocenters. The first-order valence-corrected chi connectivity index (χ1v) is 7.22. The van der Waals surface area contributed by atoms with Crippen molar-refractivity contribution in [3.05, 3.63) is 29.3 Å². The summed E-state index contributed by atoms with van der Waals surface area (Å²) in [5.74, 6) is 0.105. The summed E-state index contributed by atoms with van der Waals surface area (Å²) in [5.41, 5.74) is 9.39. The Balaban J connectivity index is 1.83. The van der Waals surface area contributed by atoms with Gasteiger partial charge in [-0.25, -0.2) is 0 Å². The van der Waals surface area contributed by atoms with Crippen LogP contribution in [0, 0.1) is 0 Å². The van der Waals surface area contributed by atoms with E-state index >= 15 is 0 Å². The Morgan fingerprint density at radius 1 is 1.30 bits per heavy atom. The number of aryl methyl sites for hydroxylation is 1. The summed E-state index contributed by atoms with van der Waals surface area (Å²) in [5, 5.41) is 2.92. The van der Waals surface area contributed by atoms with E-state index in [1.54, 1.807) is 0 Å². The van der Waals surface area contributed by atoms with E-state index in [0.29, 0.717) is 13.0 Å². The average molecular weight is 275 g/mol. The Labute approximate surface area is 119 Å². The van der Waals surface area contributed by atoms with Gasteiger partial charge in [0.05, 0.1) is 13.2 Å². The molecule has 0 bridgehead atoms. The van der Waals surface area contributed by atoms with Crippen LogP contribution < -0.4 is 11.1 Å². The summed E-state index contributed by atoms with van der Waals surface area (Å²) in [6, 6.07) is 6.52. The van der Waals surface area contributed by atoms with Gasteiger partial charge >= 0.3 is 0 Å². The molecular weight excluding hydrogens is 254 g/mol. The van der Waals surface area contributed by atoms with E-state index < -0.39 is 0 Å². The van der Waals surface area contributed by atoms with Gasteiger partial charge in [-0.15, -0.1) is 0 Å². The Bertz CT molecular complexity index is 498. The van der Waals surface area contributed by atoms with Gasteiger partial charge in [-0.3, -0.25) is 9.69 Å². The SMILES string of the molecule is NCC(c1ccc2c(c1)CCC(=O)N2)N1CCOCC1. The van der Waals surface area contributed by atoms with Crippen molar-refractivity contribution in [2.24, 2.45) is 5.73 Å². The number of nitrogens with two attached hydrogens (primary N) is 1. The molecule has 5 nitrogen and oxygen atoms in total. The molecule has 20 heavy (non-hydrogen) atoms. The van der Waals surface area contributed by atoms with E-state index in [-0.39, 0.29) is 11.9 Å². The molecule has 0 aliphatic carbocycles. The van der Waals surface area contributed by atoms with E-state index in [4.69, 9.17) is 10.5 Å². The third kappa shape index (κ3) is 2.70. The van der Waals surface area contributed by atoms with Gasteiger partial charge in [0.1, 0.15) is 0 Å². The molecule has 0 spiro atoms. The first-order valence-electron chi connectivity index (χ1n) is 7.22. The lowest BCUT2D eigenvalue weighted by atomic mass is 9.96. The first kappa shape index (κ1) is 13.5. The largest absolute Gasteiger partial charge is 0.379 e. The second-order valence-corrected chi connectivity index (χ2v) is 5.36. The van der Waals surface area contributed by atoms with E-state index in [0.717, 1.165) is 38.4 Å². The van der Waals surface area contributed by atoms with Crippen molar-refractivity contribution in [1.82, 2.24) is 4.90 Å². The van der Waals surface area contributed by atoms with Crippen LogP contribution in [-0.2, 0) is 16.0 Å². The van der Waals surface area contributed by atoms with Crippen molar-refractivity contribution in [3.63, 3.8) is 0 Å². The third-order valence-corrected chi connectivity index (χ3v) is 4.12. The summed E-state index contributed by atoms with van der Waals surface area (Å²) >= 11 is 0. The van der Waals surface area contributed by atoms with Crippen LogP contribution in [0.4, 0.5) is 5.69 Å². The Morgan fingerprint density at radius 3 is 2.85 bits per heavy atom. The van der Waals surface area contributed by atoms with Crippen LogP contribution in [0.2, 0.25) is 0 Å². The molecule has 1 saturated heterocycles. The molecule has 0 aromatic heterocycles. The van der Waals surface area contributed by atoms with Crippen LogP contribution in [0.3, 0.4) is 0 Å². The lowest BCUT2D eigenvalue weighted by molar-refractivity contribution is -0.116. The van der Waals surface area contributed by atoms with E-state index in [1.807, 2.05) is 6.07 Å². The number of fused-ring (bicyclic) bond motifs is 1. The smallest absolute Gasteiger partial charge is 0.224 e. The van der Waals surface area contributed by atoms with Gasteiger partial charge in [-0.05, 0) is 23.6 Å². The summed E-state index contributed by atoms with van der Waals surface area (Å²) in [6.45, 7) is 4.01. The number of benzene rings is 1. The fourth-order valence-electron chi connectivity index (χ4n) is 3.00. The van der Waals surface area contributed by atoms with Crippen molar-refractivity contribution in [3.8, 4) is 0 Å². The number of amides is 1. The number of rotatable bonds is 3. The minimum absolute atomic E-state index is 0.105. The van der Waals surface area contributed by atoms with Crippen molar-refractivity contribution >= 4 is 11.6 Å². The molecule has 3 rings (SSSR count). The van der Waals surface area contributed by atoms with Gasteiger partial charge in [0.15, 0.2) is 0 Å². The van der Waals surface area contributed by atoms with Crippen molar-refractivity contribution in [2.45, 2.75) is 18.9 Å². The number of anilines is 1. The number of nitrogens with zero attached hydrogens (tertiary/aromatic N) is 1. The fraction of sp³-hybridized carbons (Fsp3) is 0.533. The molecule has 1 aromatic rings. The summed E-state index contributed by atoms with van der Waals surface area (Å²) in [6.07, 6.45) is 1.39. The maximum Gasteiger partial charge on any atom is 0.224 e. The minimum atomic E-state index is 0.105. The summed E-state index contributed by atoms with van der Waals surface area (Å²) < 4.78 is 5.40. The van der Waals surface area contributed by atoms with Crippen LogP contribution in [0.1, 0.15) is 23.6 Å².